The molecular formula is C25H19N3. The lowest BCUT2D eigenvalue weighted by atomic mass is 10.1. The molecule has 6 aromatic rings. The van der Waals surface area contributed by atoms with Crippen molar-refractivity contribution in [2.45, 2.75) is 20.4 Å². The van der Waals surface area contributed by atoms with Gasteiger partial charge in [0.25, 0.3) is 0 Å². The number of aromatic nitrogens is 3. The molecule has 3 nitrogen and oxygen atoms in total. The minimum absolute atomic E-state index is 0.809. The maximum Gasteiger partial charge on any atom is 0.160 e. The van der Waals surface area contributed by atoms with Crippen LogP contribution in [-0.2, 0) is 6.54 Å². The van der Waals surface area contributed by atoms with Crippen LogP contribution in [0, 0.1) is 6.92 Å². The van der Waals surface area contributed by atoms with E-state index in [1.807, 2.05) is 0 Å². The van der Waals surface area contributed by atoms with Crippen molar-refractivity contribution in [1.82, 2.24) is 14.5 Å². The summed E-state index contributed by atoms with van der Waals surface area (Å²) in [5, 5.41) is 5.94. The SMILES string of the molecule is CCn1c2ccccc2c2cc3nc4nc5cc(C)ccc5cc4cc3cc21. The molecule has 0 radical (unpaired) electrons. The fraction of sp³-hybridized carbons (Fsp3) is 0.120. The van der Waals surface area contributed by atoms with Crippen molar-refractivity contribution in [3.8, 4) is 0 Å². The summed E-state index contributed by atoms with van der Waals surface area (Å²) in [6.07, 6.45) is 0. The van der Waals surface area contributed by atoms with Crippen LogP contribution in [0.25, 0.3) is 54.6 Å². The Labute approximate surface area is 162 Å². The third-order valence-electron chi connectivity index (χ3n) is 5.76. The third kappa shape index (κ3) is 2.10. The minimum Gasteiger partial charge on any atom is -0.341 e. The molecule has 0 atom stereocenters. The van der Waals surface area contributed by atoms with Gasteiger partial charge in [-0.15, -0.1) is 0 Å². The van der Waals surface area contributed by atoms with Crippen molar-refractivity contribution in [3.63, 3.8) is 0 Å². The Kier molecular flexibility index (Phi) is 3.07. The highest BCUT2D eigenvalue weighted by Gasteiger charge is 2.12. The van der Waals surface area contributed by atoms with Crippen LogP contribution in [0.2, 0.25) is 0 Å². The fourth-order valence-corrected chi connectivity index (χ4v) is 4.41. The molecule has 3 heterocycles. The zero-order valence-electron chi connectivity index (χ0n) is 15.9. The molecule has 0 unspecified atom stereocenters. The van der Waals surface area contributed by atoms with Crippen LogP contribution in [0.15, 0.2) is 66.7 Å². The number of hydrogen-bond acceptors (Lipinski definition) is 2. The molecule has 3 aromatic carbocycles. The number of benzene rings is 3. The maximum absolute atomic E-state index is 4.93. The summed E-state index contributed by atoms with van der Waals surface area (Å²) in [6, 6.07) is 23.9. The topological polar surface area (TPSA) is 30.7 Å². The number of rotatable bonds is 1. The second-order valence-electron chi connectivity index (χ2n) is 7.54. The van der Waals surface area contributed by atoms with E-state index in [4.69, 9.17) is 9.97 Å². The average molecular weight is 361 g/mol. The molecule has 0 saturated heterocycles. The van der Waals surface area contributed by atoms with E-state index in [0.717, 1.165) is 39.4 Å². The number of fused-ring (bicyclic) bond motifs is 6. The molecule has 3 aromatic heterocycles. The molecule has 0 saturated carbocycles. The van der Waals surface area contributed by atoms with Crippen molar-refractivity contribution < 1.29 is 0 Å². The quantitative estimate of drug-likeness (QED) is 0.318. The van der Waals surface area contributed by atoms with E-state index in [1.54, 1.807) is 0 Å². The number of para-hydroxylation sites is 1. The Morgan fingerprint density at radius 3 is 2.36 bits per heavy atom. The van der Waals surface area contributed by atoms with Crippen molar-refractivity contribution in [2.24, 2.45) is 0 Å². The largest absolute Gasteiger partial charge is 0.341 e. The van der Waals surface area contributed by atoms with Gasteiger partial charge in [-0.25, -0.2) is 9.97 Å². The Hall–Kier alpha value is -3.46. The molecule has 0 aliphatic rings. The standard InChI is InChI=1S/C25H19N3/c1-3-28-23-7-5-4-6-19(23)20-14-22-17(13-24(20)28)12-18-11-16-9-8-15(2)10-21(16)26-25(18)27-22/h4-14H,3H2,1-2H3. The number of aryl methyl sites for hydroxylation is 2. The summed E-state index contributed by atoms with van der Waals surface area (Å²) >= 11 is 0. The van der Waals surface area contributed by atoms with Crippen LogP contribution < -0.4 is 0 Å². The average Bonchev–Trinajstić information content (AvgIpc) is 3.01. The van der Waals surface area contributed by atoms with Gasteiger partial charge in [0.05, 0.1) is 11.0 Å². The lowest BCUT2D eigenvalue weighted by Gasteiger charge is -2.06. The molecular weight excluding hydrogens is 342 g/mol. The van der Waals surface area contributed by atoms with Gasteiger partial charge >= 0.3 is 0 Å². The van der Waals surface area contributed by atoms with Gasteiger partial charge in [0.15, 0.2) is 5.65 Å². The van der Waals surface area contributed by atoms with Gasteiger partial charge in [0.2, 0.25) is 0 Å². The van der Waals surface area contributed by atoms with Crippen LogP contribution in [-0.4, -0.2) is 14.5 Å². The molecule has 0 amide bonds. The summed E-state index contributed by atoms with van der Waals surface area (Å²) in [5.74, 6) is 0. The molecule has 28 heavy (non-hydrogen) atoms. The minimum atomic E-state index is 0.809. The molecule has 0 spiro atoms. The molecule has 3 heteroatoms. The van der Waals surface area contributed by atoms with Gasteiger partial charge in [-0.1, -0.05) is 30.3 Å². The molecule has 0 aliphatic carbocycles. The first kappa shape index (κ1) is 15.6. The van der Waals surface area contributed by atoms with E-state index in [0.29, 0.717) is 0 Å². The number of nitrogens with zero attached hydrogens (tertiary/aromatic N) is 3. The highest BCUT2D eigenvalue weighted by atomic mass is 15.0. The lowest BCUT2D eigenvalue weighted by Crippen LogP contribution is -1.93. The highest BCUT2D eigenvalue weighted by Crippen LogP contribution is 2.33. The summed E-state index contributed by atoms with van der Waals surface area (Å²) in [4.78, 5) is 9.77. The van der Waals surface area contributed by atoms with Crippen molar-refractivity contribution in [1.29, 1.82) is 0 Å². The Morgan fingerprint density at radius 1 is 0.714 bits per heavy atom. The fourth-order valence-electron chi connectivity index (χ4n) is 4.41. The monoisotopic (exact) mass is 361 g/mol. The van der Waals surface area contributed by atoms with Gasteiger partial charge in [0.1, 0.15) is 0 Å². The summed E-state index contributed by atoms with van der Waals surface area (Å²) in [6.45, 7) is 5.24. The molecule has 0 aliphatic heterocycles. The Morgan fingerprint density at radius 2 is 1.50 bits per heavy atom. The smallest absolute Gasteiger partial charge is 0.160 e. The Bertz CT molecular complexity index is 1560. The second kappa shape index (κ2) is 5.52. The van der Waals surface area contributed by atoms with Crippen LogP contribution in [0.1, 0.15) is 12.5 Å². The predicted octanol–water partition coefficient (Wildman–Crippen LogP) is 6.37. The van der Waals surface area contributed by atoms with Crippen LogP contribution >= 0.6 is 0 Å². The van der Waals surface area contributed by atoms with Gasteiger partial charge in [0, 0.05) is 44.5 Å². The van der Waals surface area contributed by atoms with Gasteiger partial charge in [-0.3, -0.25) is 0 Å². The predicted molar refractivity (Wildman–Crippen MR) is 118 cm³/mol. The molecule has 0 N–H and O–H groups in total. The van der Waals surface area contributed by atoms with Crippen molar-refractivity contribution in [2.75, 3.05) is 0 Å². The zero-order chi connectivity index (χ0) is 18.8. The van der Waals surface area contributed by atoms with Gasteiger partial charge < -0.3 is 4.57 Å². The molecule has 0 fully saturated rings. The first-order valence-corrected chi connectivity index (χ1v) is 9.74. The highest BCUT2D eigenvalue weighted by molar-refractivity contribution is 6.13. The van der Waals surface area contributed by atoms with E-state index >= 15 is 0 Å². The number of pyridine rings is 2. The molecule has 134 valence electrons. The first-order chi connectivity index (χ1) is 13.7. The lowest BCUT2D eigenvalue weighted by molar-refractivity contribution is 0.827. The van der Waals surface area contributed by atoms with Gasteiger partial charge in [-0.05, 0) is 55.8 Å². The first-order valence-electron chi connectivity index (χ1n) is 9.74. The Balaban J connectivity index is 1.75. The molecule has 6 rings (SSSR count). The normalized spacial score (nSPS) is 12.1. The summed E-state index contributed by atoms with van der Waals surface area (Å²) in [7, 11) is 0. The van der Waals surface area contributed by atoms with Crippen LogP contribution in [0.3, 0.4) is 0 Å². The van der Waals surface area contributed by atoms with Crippen molar-refractivity contribution >= 4 is 54.6 Å². The van der Waals surface area contributed by atoms with Crippen LogP contribution in [0.5, 0.6) is 0 Å². The third-order valence-corrected chi connectivity index (χ3v) is 5.76. The summed E-state index contributed by atoms with van der Waals surface area (Å²) in [5.41, 5.74) is 6.57. The van der Waals surface area contributed by atoms with E-state index in [2.05, 4.69) is 85.1 Å². The summed E-state index contributed by atoms with van der Waals surface area (Å²) < 4.78 is 2.38. The van der Waals surface area contributed by atoms with E-state index in [1.165, 1.54) is 27.4 Å². The van der Waals surface area contributed by atoms with Crippen LogP contribution in [0.4, 0.5) is 0 Å². The van der Waals surface area contributed by atoms with E-state index in [-0.39, 0.29) is 0 Å². The number of hydrogen-bond donors (Lipinski definition) is 0. The second-order valence-corrected chi connectivity index (χ2v) is 7.54. The maximum atomic E-state index is 4.93. The van der Waals surface area contributed by atoms with Crippen molar-refractivity contribution in [3.05, 3.63) is 72.3 Å². The van der Waals surface area contributed by atoms with E-state index in [9.17, 15) is 0 Å². The zero-order valence-corrected chi connectivity index (χ0v) is 15.9. The van der Waals surface area contributed by atoms with E-state index < -0.39 is 0 Å². The molecule has 0 bridgehead atoms. The van der Waals surface area contributed by atoms with Gasteiger partial charge in [-0.2, -0.15) is 0 Å².